The zero-order valence-electron chi connectivity index (χ0n) is 22.3. The van der Waals surface area contributed by atoms with E-state index in [9.17, 15) is 14.9 Å². The molecule has 0 aliphatic rings. The summed E-state index contributed by atoms with van der Waals surface area (Å²) in [7, 11) is 0. The van der Waals surface area contributed by atoms with Gasteiger partial charge in [-0.05, 0) is 42.3 Å². The number of anilines is 1. The first kappa shape index (κ1) is 27.6. The van der Waals surface area contributed by atoms with Crippen LogP contribution in [0.1, 0.15) is 28.6 Å². The minimum Gasteiger partial charge on any atom is -0.327 e. The Morgan fingerprint density at radius 2 is 1.51 bits per heavy atom. The van der Waals surface area contributed by atoms with Crippen molar-refractivity contribution in [2.24, 2.45) is 0 Å². The van der Waals surface area contributed by atoms with Gasteiger partial charge in [0.15, 0.2) is 11.0 Å². The number of aryl methyl sites for hydroxylation is 1. The average Bonchev–Trinajstić information content (AvgIpc) is 3.41. The van der Waals surface area contributed by atoms with E-state index in [1.165, 1.54) is 29.8 Å². The van der Waals surface area contributed by atoms with Gasteiger partial charge >= 0.3 is 6.03 Å². The quantitative estimate of drug-likeness (QED) is 0.109. The van der Waals surface area contributed by atoms with Crippen molar-refractivity contribution in [3.8, 4) is 5.69 Å². The number of nitrogens with zero attached hydrogens (tertiary/aromatic N) is 4. The summed E-state index contributed by atoms with van der Waals surface area (Å²) in [6, 6.07) is 32.8. The zero-order chi connectivity index (χ0) is 28.6. The van der Waals surface area contributed by atoms with Crippen molar-refractivity contribution in [3.05, 3.63) is 142 Å². The predicted octanol–water partition coefficient (Wildman–Crippen LogP) is 6.88. The van der Waals surface area contributed by atoms with E-state index in [-0.39, 0.29) is 5.69 Å². The second kappa shape index (κ2) is 12.9. The molecule has 0 bridgehead atoms. The van der Waals surface area contributed by atoms with Gasteiger partial charge in [0, 0.05) is 35.7 Å². The average molecular weight is 565 g/mol. The summed E-state index contributed by atoms with van der Waals surface area (Å²) in [5.74, 6) is 1.30. The SMILES string of the molecule is Cc1ccc(-n2c(SCc3ccccc3)nnc2C(Cc2ccccc2)NC(=O)Nc2ccc([N+](=O)[O-])cc2)cc1. The second-order valence-corrected chi connectivity index (χ2v) is 10.4. The molecular weight excluding hydrogens is 536 g/mol. The highest BCUT2D eigenvalue weighted by Crippen LogP contribution is 2.29. The number of carbonyl (C=O) groups excluding carboxylic acids is 1. The highest BCUT2D eigenvalue weighted by Gasteiger charge is 2.25. The smallest absolute Gasteiger partial charge is 0.319 e. The van der Waals surface area contributed by atoms with Crippen LogP contribution in [0.5, 0.6) is 0 Å². The molecule has 9 nitrogen and oxygen atoms in total. The number of amides is 2. The van der Waals surface area contributed by atoms with Gasteiger partial charge in [-0.2, -0.15) is 0 Å². The van der Waals surface area contributed by atoms with Crippen LogP contribution in [0.25, 0.3) is 5.69 Å². The largest absolute Gasteiger partial charge is 0.327 e. The zero-order valence-corrected chi connectivity index (χ0v) is 23.1. The van der Waals surface area contributed by atoms with E-state index in [1.807, 2.05) is 84.3 Å². The van der Waals surface area contributed by atoms with Crippen molar-refractivity contribution in [2.45, 2.75) is 30.3 Å². The first-order chi connectivity index (χ1) is 20.0. The number of nitro benzene ring substituents is 1. The molecule has 5 rings (SSSR count). The maximum Gasteiger partial charge on any atom is 0.319 e. The molecule has 1 heterocycles. The van der Waals surface area contributed by atoms with Gasteiger partial charge in [0.05, 0.1) is 11.0 Å². The van der Waals surface area contributed by atoms with Crippen molar-refractivity contribution >= 4 is 29.2 Å². The standard InChI is InChI=1S/C31H28N6O3S/c1-22-12-16-26(17-13-22)36-29(34-35-31(36)41-21-24-10-6-3-7-11-24)28(20-23-8-4-2-5-9-23)33-30(38)32-25-14-18-27(19-15-25)37(39)40/h2-19,28H,20-21H2,1H3,(H2,32,33,38). The number of non-ortho nitro benzene ring substituents is 1. The van der Waals surface area contributed by atoms with E-state index < -0.39 is 17.0 Å². The fraction of sp³-hybridized carbons (Fsp3) is 0.129. The lowest BCUT2D eigenvalue weighted by molar-refractivity contribution is -0.384. The molecule has 5 aromatic rings. The molecule has 0 saturated heterocycles. The number of thioether (sulfide) groups is 1. The number of urea groups is 1. The molecule has 0 aliphatic heterocycles. The monoisotopic (exact) mass is 564 g/mol. The number of nitrogens with one attached hydrogen (secondary N) is 2. The number of carbonyl (C=O) groups is 1. The third-order valence-corrected chi connectivity index (χ3v) is 7.40. The van der Waals surface area contributed by atoms with Crippen LogP contribution in [0.15, 0.2) is 114 Å². The van der Waals surface area contributed by atoms with E-state index in [1.54, 1.807) is 11.8 Å². The molecule has 10 heteroatoms. The van der Waals surface area contributed by atoms with Gasteiger partial charge in [-0.1, -0.05) is 90.1 Å². The van der Waals surface area contributed by atoms with E-state index in [0.29, 0.717) is 28.8 Å². The molecule has 1 unspecified atom stereocenters. The highest BCUT2D eigenvalue weighted by molar-refractivity contribution is 7.98. The van der Waals surface area contributed by atoms with Gasteiger partial charge in [0.1, 0.15) is 0 Å². The lowest BCUT2D eigenvalue weighted by Crippen LogP contribution is -2.35. The molecule has 0 aliphatic carbocycles. The minimum atomic E-state index is -0.532. The van der Waals surface area contributed by atoms with E-state index in [0.717, 1.165) is 16.8 Å². The molecule has 1 atom stereocenters. The van der Waals surface area contributed by atoms with Gasteiger partial charge < -0.3 is 10.6 Å². The van der Waals surface area contributed by atoms with Crippen molar-refractivity contribution in [3.63, 3.8) is 0 Å². The number of rotatable bonds is 10. The molecule has 0 saturated carbocycles. The topological polar surface area (TPSA) is 115 Å². The van der Waals surface area contributed by atoms with Crippen LogP contribution in [0.2, 0.25) is 0 Å². The van der Waals surface area contributed by atoms with Crippen LogP contribution in [0.4, 0.5) is 16.2 Å². The van der Waals surface area contributed by atoms with Crippen LogP contribution in [0, 0.1) is 17.0 Å². The van der Waals surface area contributed by atoms with Gasteiger partial charge in [-0.25, -0.2) is 4.79 Å². The van der Waals surface area contributed by atoms with Crippen molar-refractivity contribution in [1.29, 1.82) is 0 Å². The van der Waals surface area contributed by atoms with Crippen LogP contribution < -0.4 is 10.6 Å². The molecule has 1 aromatic heterocycles. The lowest BCUT2D eigenvalue weighted by atomic mass is 10.1. The number of hydrogen-bond acceptors (Lipinski definition) is 6. The Morgan fingerprint density at radius 1 is 0.878 bits per heavy atom. The first-order valence-corrected chi connectivity index (χ1v) is 14.0. The number of hydrogen-bond donors (Lipinski definition) is 2. The molecule has 4 aromatic carbocycles. The number of aromatic nitrogens is 3. The van der Waals surface area contributed by atoms with Crippen LogP contribution in [-0.4, -0.2) is 25.7 Å². The van der Waals surface area contributed by atoms with Gasteiger partial charge in [-0.3, -0.25) is 14.7 Å². The third kappa shape index (κ3) is 7.17. The molecule has 0 radical (unpaired) electrons. The van der Waals surface area contributed by atoms with Crippen molar-refractivity contribution in [2.75, 3.05) is 5.32 Å². The van der Waals surface area contributed by atoms with Crippen LogP contribution in [0.3, 0.4) is 0 Å². The third-order valence-electron chi connectivity index (χ3n) is 6.40. The van der Waals surface area contributed by atoms with Crippen molar-refractivity contribution < 1.29 is 9.72 Å². The Balaban J connectivity index is 1.47. The summed E-state index contributed by atoms with van der Waals surface area (Å²) in [6.07, 6.45) is 0.474. The Hall–Kier alpha value is -4.96. The van der Waals surface area contributed by atoms with E-state index >= 15 is 0 Å². The van der Waals surface area contributed by atoms with E-state index in [2.05, 4.69) is 33.0 Å². The number of nitro groups is 1. The fourth-order valence-electron chi connectivity index (χ4n) is 4.31. The molecule has 206 valence electrons. The molecule has 0 spiro atoms. The summed E-state index contributed by atoms with van der Waals surface area (Å²) >= 11 is 1.57. The summed E-state index contributed by atoms with van der Waals surface area (Å²) in [5.41, 5.74) is 4.59. The molecule has 2 N–H and O–H groups in total. The maximum absolute atomic E-state index is 13.2. The molecule has 41 heavy (non-hydrogen) atoms. The Bertz CT molecular complexity index is 1610. The summed E-state index contributed by atoms with van der Waals surface area (Å²) in [6.45, 7) is 2.03. The second-order valence-electron chi connectivity index (χ2n) is 9.43. The fourth-order valence-corrected chi connectivity index (χ4v) is 5.22. The van der Waals surface area contributed by atoms with Gasteiger partial charge in [0.25, 0.3) is 5.69 Å². The van der Waals surface area contributed by atoms with E-state index in [4.69, 9.17) is 0 Å². The Labute approximate surface area is 241 Å². The molecule has 0 fully saturated rings. The predicted molar refractivity (Wildman–Crippen MR) is 160 cm³/mol. The van der Waals surface area contributed by atoms with Gasteiger partial charge in [0.2, 0.25) is 0 Å². The summed E-state index contributed by atoms with van der Waals surface area (Å²) in [4.78, 5) is 23.7. The first-order valence-electron chi connectivity index (χ1n) is 13.0. The highest BCUT2D eigenvalue weighted by atomic mass is 32.2. The summed E-state index contributed by atoms with van der Waals surface area (Å²) < 4.78 is 1.99. The Morgan fingerprint density at radius 3 is 2.15 bits per heavy atom. The van der Waals surface area contributed by atoms with Crippen molar-refractivity contribution in [1.82, 2.24) is 20.1 Å². The lowest BCUT2D eigenvalue weighted by Gasteiger charge is -2.21. The molecular formula is C31H28N6O3S. The minimum absolute atomic E-state index is 0.0513. The molecule has 2 amide bonds. The maximum atomic E-state index is 13.2. The summed E-state index contributed by atoms with van der Waals surface area (Å²) in [5, 5.41) is 26.7. The Kier molecular flexibility index (Phi) is 8.70. The van der Waals surface area contributed by atoms with Crippen LogP contribution in [-0.2, 0) is 12.2 Å². The van der Waals surface area contributed by atoms with Crippen LogP contribution >= 0.6 is 11.8 Å². The normalized spacial score (nSPS) is 11.5. The number of benzene rings is 4. The van der Waals surface area contributed by atoms with Gasteiger partial charge in [-0.15, -0.1) is 10.2 Å².